The standard InChI is InChI=1S/C17H21N3/c18-13-9-14-4-2-5-15(10-13)20(14)17-6-1-3-12-11-19-8-7-16(12)17/h1,3,6-8,11,13-15H,2,4-5,9-10,18H2. The first kappa shape index (κ1) is 12.2. The molecule has 2 fully saturated rings. The highest BCUT2D eigenvalue weighted by atomic mass is 15.2. The Hall–Kier alpha value is -1.61. The van der Waals surface area contributed by atoms with Gasteiger partial charge in [-0.3, -0.25) is 4.98 Å². The van der Waals surface area contributed by atoms with Crippen LogP contribution in [0.1, 0.15) is 32.1 Å². The Labute approximate surface area is 119 Å². The molecule has 4 rings (SSSR count). The molecule has 2 N–H and O–H groups in total. The van der Waals surface area contributed by atoms with Crippen LogP contribution in [0.5, 0.6) is 0 Å². The first-order valence-corrected chi connectivity index (χ1v) is 7.69. The molecule has 3 heteroatoms. The second-order valence-electron chi connectivity index (χ2n) is 6.25. The minimum Gasteiger partial charge on any atom is -0.365 e. The Morgan fingerprint density at radius 1 is 1.10 bits per heavy atom. The summed E-state index contributed by atoms with van der Waals surface area (Å²) < 4.78 is 0. The molecule has 2 unspecified atom stereocenters. The van der Waals surface area contributed by atoms with Crippen molar-refractivity contribution < 1.29 is 0 Å². The first-order chi connectivity index (χ1) is 9.83. The molecule has 3 nitrogen and oxygen atoms in total. The average molecular weight is 267 g/mol. The molecule has 0 saturated carbocycles. The number of nitrogens with two attached hydrogens (primary N) is 1. The number of nitrogens with zero attached hydrogens (tertiary/aromatic N) is 2. The lowest BCUT2D eigenvalue weighted by Crippen LogP contribution is -2.55. The summed E-state index contributed by atoms with van der Waals surface area (Å²) in [6, 6.07) is 10.4. The SMILES string of the molecule is NC1CC2CCCC(C1)N2c1cccc2cnccc12. The zero-order valence-electron chi connectivity index (χ0n) is 11.7. The maximum atomic E-state index is 6.24. The summed E-state index contributed by atoms with van der Waals surface area (Å²) in [6.45, 7) is 0. The van der Waals surface area contributed by atoms with Crippen LogP contribution in [0.4, 0.5) is 5.69 Å². The summed E-state index contributed by atoms with van der Waals surface area (Å²) in [6.07, 6.45) is 10.1. The summed E-state index contributed by atoms with van der Waals surface area (Å²) in [5.41, 5.74) is 7.62. The molecule has 0 radical (unpaired) electrons. The van der Waals surface area contributed by atoms with Crippen molar-refractivity contribution in [1.29, 1.82) is 0 Å². The van der Waals surface area contributed by atoms with Gasteiger partial charge in [-0.15, -0.1) is 0 Å². The highest BCUT2D eigenvalue weighted by Crippen LogP contribution is 2.39. The summed E-state index contributed by atoms with van der Waals surface area (Å²) >= 11 is 0. The average Bonchev–Trinajstić information content (AvgIpc) is 2.46. The molecule has 1 aromatic carbocycles. The number of pyridine rings is 1. The minimum atomic E-state index is 0.387. The van der Waals surface area contributed by atoms with Crippen LogP contribution in [0.2, 0.25) is 0 Å². The van der Waals surface area contributed by atoms with Crippen LogP contribution >= 0.6 is 0 Å². The molecule has 2 aliphatic rings. The molecule has 104 valence electrons. The summed E-state index contributed by atoms with van der Waals surface area (Å²) in [4.78, 5) is 6.91. The van der Waals surface area contributed by atoms with Gasteiger partial charge < -0.3 is 10.6 Å². The van der Waals surface area contributed by atoms with E-state index in [1.807, 2.05) is 12.4 Å². The molecule has 2 atom stereocenters. The van der Waals surface area contributed by atoms with E-state index in [2.05, 4.69) is 34.1 Å². The number of fused-ring (bicyclic) bond motifs is 3. The van der Waals surface area contributed by atoms with Crippen molar-refractivity contribution in [2.24, 2.45) is 5.73 Å². The second-order valence-corrected chi connectivity index (χ2v) is 6.25. The maximum absolute atomic E-state index is 6.24. The molecule has 2 bridgehead atoms. The molecule has 1 aromatic heterocycles. The molecule has 2 aromatic rings. The molecule has 20 heavy (non-hydrogen) atoms. The van der Waals surface area contributed by atoms with Gasteiger partial charge in [-0.25, -0.2) is 0 Å². The number of aromatic nitrogens is 1. The summed E-state index contributed by atoms with van der Waals surface area (Å²) in [5.74, 6) is 0. The van der Waals surface area contributed by atoms with Gasteiger partial charge in [0.25, 0.3) is 0 Å². The number of anilines is 1. The van der Waals surface area contributed by atoms with E-state index < -0.39 is 0 Å². The molecule has 0 aliphatic carbocycles. The summed E-state index contributed by atoms with van der Waals surface area (Å²) in [5, 5.41) is 2.56. The van der Waals surface area contributed by atoms with Gasteiger partial charge in [0.2, 0.25) is 0 Å². The molecular weight excluding hydrogens is 246 g/mol. The van der Waals surface area contributed by atoms with Gasteiger partial charge in [-0.1, -0.05) is 12.1 Å². The van der Waals surface area contributed by atoms with Crippen LogP contribution < -0.4 is 10.6 Å². The fraction of sp³-hybridized carbons (Fsp3) is 0.471. The third-order valence-electron chi connectivity index (χ3n) is 4.95. The highest BCUT2D eigenvalue weighted by Gasteiger charge is 2.37. The van der Waals surface area contributed by atoms with Crippen LogP contribution in [0.25, 0.3) is 10.8 Å². The van der Waals surface area contributed by atoms with E-state index in [0.29, 0.717) is 18.1 Å². The smallest absolute Gasteiger partial charge is 0.0452 e. The lowest BCUT2D eigenvalue weighted by Gasteiger charge is -2.50. The Balaban J connectivity index is 1.82. The van der Waals surface area contributed by atoms with Crippen molar-refractivity contribution in [3.8, 4) is 0 Å². The summed E-state index contributed by atoms with van der Waals surface area (Å²) in [7, 11) is 0. The zero-order valence-corrected chi connectivity index (χ0v) is 11.7. The predicted molar refractivity (Wildman–Crippen MR) is 82.9 cm³/mol. The number of hydrogen-bond acceptors (Lipinski definition) is 3. The number of piperidine rings is 2. The van der Waals surface area contributed by atoms with Crippen LogP contribution in [0.3, 0.4) is 0 Å². The van der Waals surface area contributed by atoms with Crippen molar-refractivity contribution >= 4 is 16.5 Å². The Morgan fingerprint density at radius 3 is 2.70 bits per heavy atom. The van der Waals surface area contributed by atoms with Gasteiger partial charge in [-0.2, -0.15) is 0 Å². The van der Waals surface area contributed by atoms with Gasteiger partial charge in [0.1, 0.15) is 0 Å². The van der Waals surface area contributed by atoms with E-state index in [1.54, 1.807) is 0 Å². The van der Waals surface area contributed by atoms with Crippen molar-refractivity contribution in [3.63, 3.8) is 0 Å². The number of rotatable bonds is 1. The fourth-order valence-corrected chi connectivity index (χ4v) is 4.15. The van der Waals surface area contributed by atoms with Crippen LogP contribution in [0.15, 0.2) is 36.7 Å². The third kappa shape index (κ3) is 1.88. The normalized spacial score (nSPS) is 29.6. The Kier molecular flexibility index (Phi) is 2.88. The topological polar surface area (TPSA) is 42.1 Å². The van der Waals surface area contributed by atoms with Crippen LogP contribution in [-0.4, -0.2) is 23.1 Å². The Morgan fingerprint density at radius 2 is 1.90 bits per heavy atom. The van der Waals surface area contributed by atoms with Gasteiger partial charge in [0, 0.05) is 47.0 Å². The molecule has 0 spiro atoms. The second kappa shape index (κ2) is 4.74. The monoisotopic (exact) mass is 267 g/mol. The van der Waals surface area contributed by atoms with Crippen molar-refractivity contribution in [3.05, 3.63) is 36.7 Å². The highest BCUT2D eigenvalue weighted by molar-refractivity contribution is 5.94. The van der Waals surface area contributed by atoms with Crippen molar-refractivity contribution in [2.75, 3.05) is 4.90 Å². The van der Waals surface area contributed by atoms with Crippen molar-refractivity contribution in [1.82, 2.24) is 4.98 Å². The molecule has 0 amide bonds. The lowest BCUT2D eigenvalue weighted by molar-refractivity contribution is 0.272. The van der Waals surface area contributed by atoms with E-state index >= 15 is 0 Å². The van der Waals surface area contributed by atoms with Gasteiger partial charge >= 0.3 is 0 Å². The van der Waals surface area contributed by atoms with E-state index in [-0.39, 0.29) is 0 Å². The number of benzene rings is 1. The first-order valence-electron chi connectivity index (χ1n) is 7.69. The molecule has 2 saturated heterocycles. The predicted octanol–water partition coefficient (Wildman–Crippen LogP) is 3.08. The minimum absolute atomic E-state index is 0.387. The molecule has 2 aliphatic heterocycles. The van der Waals surface area contributed by atoms with E-state index in [9.17, 15) is 0 Å². The van der Waals surface area contributed by atoms with E-state index in [1.165, 1.54) is 35.7 Å². The van der Waals surface area contributed by atoms with Gasteiger partial charge in [0.15, 0.2) is 0 Å². The van der Waals surface area contributed by atoms with E-state index in [4.69, 9.17) is 5.73 Å². The largest absolute Gasteiger partial charge is 0.365 e. The van der Waals surface area contributed by atoms with Crippen LogP contribution in [0, 0.1) is 0 Å². The lowest BCUT2D eigenvalue weighted by atomic mass is 9.81. The van der Waals surface area contributed by atoms with Crippen LogP contribution in [-0.2, 0) is 0 Å². The van der Waals surface area contributed by atoms with Gasteiger partial charge in [0.05, 0.1) is 0 Å². The maximum Gasteiger partial charge on any atom is 0.0452 e. The third-order valence-corrected chi connectivity index (χ3v) is 4.95. The van der Waals surface area contributed by atoms with Gasteiger partial charge in [-0.05, 0) is 44.2 Å². The fourth-order valence-electron chi connectivity index (χ4n) is 4.15. The molecular formula is C17H21N3. The zero-order chi connectivity index (χ0) is 13.5. The van der Waals surface area contributed by atoms with Crippen molar-refractivity contribution in [2.45, 2.75) is 50.2 Å². The molecule has 3 heterocycles. The van der Waals surface area contributed by atoms with E-state index in [0.717, 1.165) is 12.8 Å². The number of hydrogen-bond donors (Lipinski definition) is 1. The quantitative estimate of drug-likeness (QED) is 0.863. The Bertz CT molecular complexity index is 605.